The topological polar surface area (TPSA) is 81.5 Å². The number of carbonyl (C=O) groups is 1. The Kier molecular flexibility index (Phi) is 5.71. The molecular formula is C21H23N5O3. The predicted molar refractivity (Wildman–Crippen MR) is 108 cm³/mol. The zero-order chi connectivity index (χ0) is 20.1. The van der Waals surface area contributed by atoms with E-state index in [-0.39, 0.29) is 12.1 Å². The highest BCUT2D eigenvalue weighted by Gasteiger charge is 2.24. The average Bonchev–Trinajstić information content (AvgIpc) is 3.24. The van der Waals surface area contributed by atoms with E-state index in [2.05, 4.69) is 15.4 Å². The number of nitrogens with zero attached hydrogens (tertiary/aromatic N) is 4. The molecule has 0 aliphatic carbocycles. The second kappa shape index (κ2) is 8.74. The van der Waals surface area contributed by atoms with Gasteiger partial charge in [0.25, 0.3) is 0 Å². The number of anilines is 1. The van der Waals surface area contributed by atoms with Gasteiger partial charge >= 0.3 is 6.03 Å². The van der Waals surface area contributed by atoms with Gasteiger partial charge in [0, 0.05) is 25.0 Å². The van der Waals surface area contributed by atoms with Crippen molar-refractivity contribution < 1.29 is 14.3 Å². The third-order valence-electron chi connectivity index (χ3n) is 4.61. The average molecular weight is 393 g/mol. The smallest absolute Gasteiger partial charge is 0.322 e. The number of carbonyl (C=O) groups excluding carboxylic acids is 1. The van der Waals surface area contributed by atoms with Crippen molar-refractivity contribution in [2.24, 2.45) is 0 Å². The van der Waals surface area contributed by atoms with Gasteiger partial charge in [-0.25, -0.2) is 9.78 Å². The van der Waals surface area contributed by atoms with Crippen molar-refractivity contribution in [1.29, 1.82) is 0 Å². The van der Waals surface area contributed by atoms with Gasteiger partial charge in [-0.05, 0) is 31.2 Å². The van der Waals surface area contributed by atoms with E-state index in [0.29, 0.717) is 37.8 Å². The van der Waals surface area contributed by atoms with E-state index < -0.39 is 0 Å². The van der Waals surface area contributed by atoms with E-state index in [1.165, 1.54) is 5.56 Å². The van der Waals surface area contributed by atoms with E-state index in [1.807, 2.05) is 48.1 Å². The van der Waals surface area contributed by atoms with Crippen LogP contribution in [0.3, 0.4) is 0 Å². The van der Waals surface area contributed by atoms with Gasteiger partial charge in [0.1, 0.15) is 5.75 Å². The maximum Gasteiger partial charge on any atom is 0.322 e. The van der Waals surface area contributed by atoms with Crippen LogP contribution < -0.4 is 10.1 Å². The lowest BCUT2D eigenvalue weighted by atomic mass is 10.2. The maximum atomic E-state index is 12.6. The zero-order valence-corrected chi connectivity index (χ0v) is 16.2. The van der Waals surface area contributed by atoms with Gasteiger partial charge < -0.3 is 19.7 Å². The molecule has 0 radical (unpaired) electrons. The third kappa shape index (κ3) is 5.11. The summed E-state index contributed by atoms with van der Waals surface area (Å²) in [5.74, 6) is 1.19. The van der Waals surface area contributed by atoms with Gasteiger partial charge in [0.05, 0.1) is 37.7 Å². The van der Waals surface area contributed by atoms with Crippen LogP contribution >= 0.6 is 0 Å². The van der Waals surface area contributed by atoms with Crippen molar-refractivity contribution in [3.63, 3.8) is 0 Å². The molecule has 1 N–H and O–H groups in total. The largest absolute Gasteiger partial charge is 0.439 e. The summed E-state index contributed by atoms with van der Waals surface area (Å²) in [6.07, 6.45) is 5.11. The Balaban J connectivity index is 1.31. The molecule has 4 rings (SSSR count). The minimum Gasteiger partial charge on any atom is -0.439 e. The fourth-order valence-corrected chi connectivity index (χ4v) is 3.08. The first-order valence-corrected chi connectivity index (χ1v) is 9.51. The Labute approximate surface area is 169 Å². The number of hydrogen-bond acceptors (Lipinski definition) is 5. The van der Waals surface area contributed by atoms with Crippen molar-refractivity contribution in [1.82, 2.24) is 19.7 Å². The van der Waals surface area contributed by atoms with Crippen LogP contribution in [-0.4, -0.2) is 51.5 Å². The molecule has 1 aliphatic heterocycles. The fourth-order valence-electron chi connectivity index (χ4n) is 3.08. The number of hydrogen-bond donors (Lipinski definition) is 1. The lowest BCUT2D eigenvalue weighted by Gasteiger charge is -2.32. The number of benzene rings is 1. The van der Waals surface area contributed by atoms with Crippen LogP contribution in [0.2, 0.25) is 0 Å². The lowest BCUT2D eigenvalue weighted by molar-refractivity contribution is -0.0219. The van der Waals surface area contributed by atoms with E-state index in [0.717, 1.165) is 5.75 Å². The maximum absolute atomic E-state index is 12.6. The zero-order valence-electron chi connectivity index (χ0n) is 16.2. The predicted octanol–water partition coefficient (Wildman–Crippen LogP) is 3.31. The van der Waals surface area contributed by atoms with Crippen LogP contribution in [0.4, 0.5) is 10.5 Å². The van der Waals surface area contributed by atoms with Crippen molar-refractivity contribution in [2.45, 2.75) is 19.6 Å². The van der Waals surface area contributed by atoms with Crippen molar-refractivity contribution >= 4 is 11.7 Å². The molecule has 150 valence electrons. The second-order valence-electron chi connectivity index (χ2n) is 6.90. The second-order valence-corrected chi connectivity index (χ2v) is 6.90. The summed E-state index contributed by atoms with van der Waals surface area (Å²) in [7, 11) is 0. The highest BCUT2D eigenvalue weighted by molar-refractivity contribution is 5.89. The van der Waals surface area contributed by atoms with Crippen molar-refractivity contribution in [2.75, 3.05) is 25.0 Å². The molecule has 1 unspecified atom stereocenters. The van der Waals surface area contributed by atoms with Crippen molar-refractivity contribution in [3.05, 3.63) is 66.6 Å². The minimum absolute atomic E-state index is 0.0854. The Bertz CT molecular complexity index is 926. The number of pyridine rings is 1. The summed E-state index contributed by atoms with van der Waals surface area (Å²) in [5, 5.41) is 7.07. The molecule has 1 atom stereocenters. The van der Waals surface area contributed by atoms with Crippen LogP contribution in [0.5, 0.6) is 11.6 Å². The number of urea groups is 1. The van der Waals surface area contributed by atoms with E-state index in [1.54, 1.807) is 29.4 Å². The molecule has 8 nitrogen and oxygen atoms in total. The molecule has 29 heavy (non-hydrogen) atoms. The summed E-state index contributed by atoms with van der Waals surface area (Å²) < 4.78 is 13.3. The quantitative estimate of drug-likeness (QED) is 0.719. The summed E-state index contributed by atoms with van der Waals surface area (Å²) in [4.78, 5) is 18.6. The molecule has 0 saturated carbocycles. The Morgan fingerprint density at radius 1 is 1.28 bits per heavy atom. The van der Waals surface area contributed by atoms with E-state index in [9.17, 15) is 4.79 Å². The van der Waals surface area contributed by atoms with Crippen molar-refractivity contribution in [3.8, 4) is 11.6 Å². The highest BCUT2D eigenvalue weighted by Crippen LogP contribution is 2.21. The van der Waals surface area contributed by atoms with Crippen LogP contribution in [-0.2, 0) is 11.3 Å². The van der Waals surface area contributed by atoms with Gasteiger partial charge in [-0.3, -0.25) is 4.68 Å². The van der Waals surface area contributed by atoms with Gasteiger partial charge in [0.15, 0.2) is 0 Å². The summed E-state index contributed by atoms with van der Waals surface area (Å²) >= 11 is 0. The SMILES string of the molecule is Cc1ccc(Oc2ccc(NC(=O)N3CCOC(Cn4cccn4)C3)cn2)cc1. The Hall–Kier alpha value is -3.39. The Morgan fingerprint density at radius 2 is 2.14 bits per heavy atom. The number of nitrogens with one attached hydrogen (secondary N) is 1. The van der Waals surface area contributed by atoms with Gasteiger partial charge in [-0.1, -0.05) is 17.7 Å². The number of aryl methyl sites for hydroxylation is 1. The molecule has 1 saturated heterocycles. The number of rotatable bonds is 5. The molecule has 0 bridgehead atoms. The first-order valence-electron chi connectivity index (χ1n) is 9.51. The Morgan fingerprint density at radius 3 is 2.86 bits per heavy atom. The van der Waals surface area contributed by atoms with Gasteiger partial charge in [0.2, 0.25) is 5.88 Å². The van der Waals surface area contributed by atoms with Crippen LogP contribution in [0.15, 0.2) is 61.1 Å². The van der Waals surface area contributed by atoms with E-state index >= 15 is 0 Å². The minimum atomic E-state index is -0.173. The normalized spacial score (nSPS) is 16.4. The van der Waals surface area contributed by atoms with Gasteiger partial charge in [-0.2, -0.15) is 5.10 Å². The molecule has 2 amide bonds. The van der Waals surface area contributed by atoms with E-state index in [4.69, 9.17) is 9.47 Å². The standard InChI is InChI=1S/C21H23N5O3/c1-16-3-6-18(7-4-16)29-20-8-5-17(13-22-20)24-21(27)25-11-12-28-19(14-25)15-26-10-2-9-23-26/h2-10,13,19H,11-12,14-15H2,1H3,(H,24,27). The monoisotopic (exact) mass is 393 g/mol. The van der Waals surface area contributed by atoms with Crippen LogP contribution in [0.1, 0.15) is 5.56 Å². The summed E-state index contributed by atoms with van der Waals surface area (Å²) in [6, 6.07) is 12.9. The third-order valence-corrected chi connectivity index (χ3v) is 4.61. The molecule has 1 aromatic carbocycles. The number of ether oxygens (including phenoxy) is 2. The molecule has 2 aromatic heterocycles. The molecule has 1 aliphatic rings. The first kappa shape index (κ1) is 18.9. The molecule has 8 heteroatoms. The number of amides is 2. The highest BCUT2D eigenvalue weighted by atomic mass is 16.5. The van der Waals surface area contributed by atoms with Gasteiger partial charge in [-0.15, -0.1) is 0 Å². The van der Waals surface area contributed by atoms with Crippen LogP contribution in [0.25, 0.3) is 0 Å². The molecule has 1 fully saturated rings. The molecule has 3 aromatic rings. The van der Waals surface area contributed by atoms with Crippen LogP contribution in [0, 0.1) is 6.92 Å². The summed E-state index contributed by atoms with van der Waals surface area (Å²) in [6.45, 7) is 4.19. The number of morpholine rings is 1. The first-order chi connectivity index (χ1) is 14.2. The molecule has 3 heterocycles. The fraction of sp³-hybridized carbons (Fsp3) is 0.286. The molecule has 0 spiro atoms. The lowest BCUT2D eigenvalue weighted by Crippen LogP contribution is -2.48. The number of aromatic nitrogens is 3. The summed E-state index contributed by atoms with van der Waals surface area (Å²) in [5.41, 5.74) is 1.78. The molecular weight excluding hydrogens is 370 g/mol.